The molecule has 1 aromatic rings. The molecule has 0 unspecified atom stereocenters. The topological polar surface area (TPSA) is 41.8 Å². The van der Waals surface area contributed by atoms with Crippen LogP contribution in [0.15, 0.2) is 16.9 Å². The van der Waals surface area contributed by atoms with Crippen molar-refractivity contribution in [2.75, 3.05) is 0 Å². The third kappa shape index (κ3) is 1.34. The molecule has 2 nitrogen and oxygen atoms in total. The van der Waals surface area contributed by atoms with E-state index in [9.17, 15) is 0 Å². The highest BCUT2D eigenvalue weighted by molar-refractivity contribution is 9.10. The van der Waals surface area contributed by atoms with Gasteiger partial charge in [0.25, 0.3) is 0 Å². The summed E-state index contributed by atoms with van der Waals surface area (Å²) >= 11 is 3.36. The molecule has 1 aromatic heterocycles. The Morgan fingerprint density at radius 3 is 2.56 bits per heavy atom. The fraction of sp³-hybridized carbons (Fsp3) is 0.333. The molecular formula is C6H9BrN2. The second-order valence-electron chi connectivity index (χ2n) is 2.05. The van der Waals surface area contributed by atoms with E-state index in [0.717, 1.165) is 10.0 Å². The van der Waals surface area contributed by atoms with E-state index in [4.69, 9.17) is 5.73 Å². The van der Waals surface area contributed by atoms with E-state index in [-0.39, 0.29) is 6.04 Å². The molecule has 0 spiro atoms. The monoisotopic (exact) mass is 188 g/mol. The third-order valence-corrected chi connectivity index (χ3v) is 1.90. The Kier molecular flexibility index (Phi) is 1.93. The second kappa shape index (κ2) is 2.54. The SMILES string of the molecule is C[C@@H](N)c1c[nH]cc1Br. The number of aromatic nitrogens is 1. The number of nitrogens with one attached hydrogen (secondary N) is 1. The quantitative estimate of drug-likeness (QED) is 0.694. The number of aromatic amines is 1. The van der Waals surface area contributed by atoms with E-state index >= 15 is 0 Å². The summed E-state index contributed by atoms with van der Waals surface area (Å²) in [7, 11) is 0. The summed E-state index contributed by atoms with van der Waals surface area (Å²) in [6, 6.07) is 0.102. The molecule has 1 heterocycles. The average molecular weight is 189 g/mol. The fourth-order valence-corrected chi connectivity index (χ4v) is 1.31. The van der Waals surface area contributed by atoms with Crippen molar-refractivity contribution >= 4 is 15.9 Å². The lowest BCUT2D eigenvalue weighted by atomic mass is 10.2. The first kappa shape index (κ1) is 6.83. The molecule has 3 N–H and O–H groups in total. The summed E-state index contributed by atoms with van der Waals surface area (Å²) in [6.45, 7) is 1.95. The second-order valence-corrected chi connectivity index (χ2v) is 2.90. The number of H-pyrrole nitrogens is 1. The average Bonchev–Trinajstić information content (AvgIpc) is 2.13. The molecule has 0 aliphatic heterocycles. The minimum Gasteiger partial charge on any atom is -0.366 e. The first-order valence-electron chi connectivity index (χ1n) is 2.79. The van der Waals surface area contributed by atoms with Crippen LogP contribution in [0.3, 0.4) is 0 Å². The maximum Gasteiger partial charge on any atom is 0.0397 e. The van der Waals surface area contributed by atoms with Crippen molar-refractivity contribution < 1.29 is 0 Å². The Bertz CT molecular complexity index is 193. The highest BCUT2D eigenvalue weighted by Gasteiger charge is 2.03. The number of halogens is 1. The van der Waals surface area contributed by atoms with Crippen LogP contribution in [-0.4, -0.2) is 4.98 Å². The molecule has 0 saturated heterocycles. The lowest BCUT2D eigenvalue weighted by Crippen LogP contribution is -2.03. The Hall–Kier alpha value is -0.280. The first-order chi connectivity index (χ1) is 4.22. The summed E-state index contributed by atoms with van der Waals surface area (Å²) in [4.78, 5) is 2.95. The van der Waals surface area contributed by atoms with Gasteiger partial charge in [-0.15, -0.1) is 0 Å². The highest BCUT2D eigenvalue weighted by Crippen LogP contribution is 2.20. The van der Waals surface area contributed by atoms with E-state index in [1.54, 1.807) is 0 Å². The molecule has 3 heteroatoms. The highest BCUT2D eigenvalue weighted by atomic mass is 79.9. The van der Waals surface area contributed by atoms with Crippen LogP contribution in [0.25, 0.3) is 0 Å². The van der Waals surface area contributed by atoms with Crippen LogP contribution in [0.4, 0.5) is 0 Å². The van der Waals surface area contributed by atoms with Gasteiger partial charge < -0.3 is 10.7 Å². The lowest BCUT2D eigenvalue weighted by molar-refractivity contribution is 0.816. The van der Waals surface area contributed by atoms with E-state index in [0.29, 0.717) is 0 Å². The largest absolute Gasteiger partial charge is 0.366 e. The summed E-state index contributed by atoms with van der Waals surface area (Å²) in [6.07, 6.45) is 3.77. The van der Waals surface area contributed by atoms with Crippen LogP contribution in [0.1, 0.15) is 18.5 Å². The van der Waals surface area contributed by atoms with Crippen molar-refractivity contribution in [3.63, 3.8) is 0 Å². The Balaban J connectivity index is 2.94. The zero-order chi connectivity index (χ0) is 6.85. The molecule has 0 aliphatic carbocycles. The summed E-state index contributed by atoms with van der Waals surface area (Å²) in [5, 5.41) is 0. The Labute approximate surface area is 62.6 Å². The van der Waals surface area contributed by atoms with E-state index in [1.165, 1.54) is 0 Å². The number of hydrogen-bond donors (Lipinski definition) is 2. The summed E-state index contributed by atoms with van der Waals surface area (Å²) in [5.74, 6) is 0. The Morgan fingerprint density at radius 1 is 1.67 bits per heavy atom. The van der Waals surface area contributed by atoms with Crippen LogP contribution in [-0.2, 0) is 0 Å². The maximum atomic E-state index is 5.61. The molecule has 0 aliphatic rings. The van der Waals surface area contributed by atoms with Crippen molar-refractivity contribution in [3.8, 4) is 0 Å². The van der Waals surface area contributed by atoms with Crippen LogP contribution < -0.4 is 5.73 Å². The smallest absolute Gasteiger partial charge is 0.0397 e. The van der Waals surface area contributed by atoms with Gasteiger partial charge in [-0.05, 0) is 22.9 Å². The van der Waals surface area contributed by atoms with Gasteiger partial charge in [-0.2, -0.15) is 0 Å². The Morgan fingerprint density at radius 2 is 2.33 bits per heavy atom. The van der Waals surface area contributed by atoms with E-state index in [2.05, 4.69) is 20.9 Å². The molecule has 0 saturated carbocycles. The summed E-state index contributed by atoms with van der Waals surface area (Å²) in [5.41, 5.74) is 6.73. The number of nitrogens with two attached hydrogens (primary N) is 1. The molecule has 1 rings (SSSR count). The van der Waals surface area contributed by atoms with Crippen molar-refractivity contribution in [1.82, 2.24) is 4.98 Å². The van der Waals surface area contributed by atoms with Crippen LogP contribution in [0.2, 0.25) is 0 Å². The normalized spacial score (nSPS) is 13.7. The third-order valence-electron chi connectivity index (χ3n) is 1.22. The van der Waals surface area contributed by atoms with Crippen molar-refractivity contribution in [1.29, 1.82) is 0 Å². The van der Waals surface area contributed by atoms with Gasteiger partial charge in [0, 0.05) is 28.5 Å². The minimum absolute atomic E-state index is 0.102. The molecule has 50 valence electrons. The molecule has 1 atom stereocenters. The van der Waals surface area contributed by atoms with Gasteiger partial charge in [-0.1, -0.05) is 0 Å². The van der Waals surface area contributed by atoms with E-state index in [1.807, 2.05) is 19.3 Å². The van der Waals surface area contributed by atoms with Crippen molar-refractivity contribution in [3.05, 3.63) is 22.4 Å². The molecular weight excluding hydrogens is 180 g/mol. The van der Waals surface area contributed by atoms with Crippen LogP contribution in [0, 0.1) is 0 Å². The summed E-state index contributed by atoms with van der Waals surface area (Å²) < 4.78 is 1.05. The van der Waals surface area contributed by atoms with Gasteiger partial charge in [-0.3, -0.25) is 0 Å². The van der Waals surface area contributed by atoms with Gasteiger partial charge in [0.05, 0.1) is 0 Å². The fourth-order valence-electron chi connectivity index (χ4n) is 0.706. The standard InChI is InChI=1S/C6H9BrN2/c1-4(8)5-2-9-3-6(5)7/h2-4,9H,8H2,1H3/t4-/m1/s1. The molecule has 0 amide bonds. The molecule has 0 aromatic carbocycles. The van der Waals surface area contributed by atoms with Gasteiger partial charge >= 0.3 is 0 Å². The van der Waals surface area contributed by atoms with Gasteiger partial charge in [0.15, 0.2) is 0 Å². The van der Waals surface area contributed by atoms with Crippen molar-refractivity contribution in [2.24, 2.45) is 5.73 Å². The van der Waals surface area contributed by atoms with E-state index < -0.39 is 0 Å². The van der Waals surface area contributed by atoms with Crippen molar-refractivity contribution in [2.45, 2.75) is 13.0 Å². The van der Waals surface area contributed by atoms with Gasteiger partial charge in [-0.25, -0.2) is 0 Å². The zero-order valence-corrected chi connectivity index (χ0v) is 6.77. The molecule has 0 fully saturated rings. The lowest BCUT2D eigenvalue weighted by Gasteiger charge is -2.00. The molecule has 9 heavy (non-hydrogen) atoms. The van der Waals surface area contributed by atoms with Crippen LogP contribution >= 0.6 is 15.9 Å². The molecule has 0 radical (unpaired) electrons. The first-order valence-corrected chi connectivity index (χ1v) is 3.59. The predicted molar refractivity (Wildman–Crippen MR) is 41.1 cm³/mol. The molecule has 0 bridgehead atoms. The predicted octanol–water partition coefficient (Wildman–Crippen LogP) is 1.80. The van der Waals surface area contributed by atoms with Gasteiger partial charge in [0.1, 0.15) is 0 Å². The van der Waals surface area contributed by atoms with Crippen LogP contribution in [0.5, 0.6) is 0 Å². The zero-order valence-electron chi connectivity index (χ0n) is 5.19. The number of hydrogen-bond acceptors (Lipinski definition) is 1. The van der Waals surface area contributed by atoms with Gasteiger partial charge in [0.2, 0.25) is 0 Å². The maximum absolute atomic E-state index is 5.61. The minimum atomic E-state index is 0.102. The number of rotatable bonds is 1.